The SMILES string of the molecule is COC(=O)C(NCC1CCCOC1)C(C)C. The summed E-state index contributed by atoms with van der Waals surface area (Å²) in [5.74, 6) is 0.600. The third kappa shape index (κ3) is 4.10. The quantitative estimate of drug-likeness (QED) is 0.720. The first kappa shape index (κ1) is 13.5. The number of hydrogen-bond acceptors (Lipinski definition) is 4. The van der Waals surface area contributed by atoms with Gasteiger partial charge in [-0.1, -0.05) is 13.8 Å². The number of ether oxygens (including phenoxy) is 2. The van der Waals surface area contributed by atoms with Crippen molar-refractivity contribution in [1.82, 2.24) is 5.32 Å². The third-order valence-electron chi connectivity index (χ3n) is 3.00. The highest BCUT2D eigenvalue weighted by molar-refractivity contribution is 5.75. The molecule has 94 valence electrons. The lowest BCUT2D eigenvalue weighted by molar-refractivity contribution is -0.144. The normalized spacial score (nSPS) is 23.1. The minimum Gasteiger partial charge on any atom is -0.468 e. The second-order valence-electron chi connectivity index (χ2n) is 4.74. The van der Waals surface area contributed by atoms with Crippen LogP contribution in [0.25, 0.3) is 0 Å². The van der Waals surface area contributed by atoms with E-state index in [2.05, 4.69) is 5.32 Å². The summed E-state index contributed by atoms with van der Waals surface area (Å²) in [6.07, 6.45) is 2.30. The van der Waals surface area contributed by atoms with Crippen LogP contribution in [-0.4, -0.2) is 38.9 Å². The molecule has 0 aromatic carbocycles. The first-order chi connectivity index (χ1) is 7.65. The summed E-state index contributed by atoms with van der Waals surface area (Å²) >= 11 is 0. The number of hydrogen-bond donors (Lipinski definition) is 1. The Morgan fingerprint density at radius 3 is 2.81 bits per heavy atom. The average Bonchev–Trinajstić information content (AvgIpc) is 2.30. The second kappa shape index (κ2) is 6.86. The van der Waals surface area contributed by atoms with Crippen molar-refractivity contribution in [3.8, 4) is 0 Å². The molecule has 2 unspecified atom stereocenters. The number of esters is 1. The van der Waals surface area contributed by atoms with Crippen LogP contribution < -0.4 is 5.32 Å². The molecule has 0 bridgehead atoms. The molecule has 0 aromatic rings. The minimum absolute atomic E-state index is 0.174. The standard InChI is InChI=1S/C12H23NO3/c1-9(2)11(12(14)15-3)13-7-10-5-4-6-16-8-10/h9-11,13H,4-8H2,1-3H3. The molecule has 0 amide bonds. The lowest BCUT2D eigenvalue weighted by atomic mass is 10.00. The van der Waals surface area contributed by atoms with E-state index in [-0.39, 0.29) is 17.9 Å². The maximum absolute atomic E-state index is 11.5. The molecule has 1 saturated heterocycles. The van der Waals surface area contributed by atoms with E-state index >= 15 is 0 Å². The fraction of sp³-hybridized carbons (Fsp3) is 0.917. The van der Waals surface area contributed by atoms with Gasteiger partial charge in [0.05, 0.1) is 13.7 Å². The van der Waals surface area contributed by atoms with Crippen molar-refractivity contribution < 1.29 is 14.3 Å². The molecule has 1 aliphatic heterocycles. The lowest BCUT2D eigenvalue weighted by Gasteiger charge is -2.26. The van der Waals surface area contributed by atoms with E-state index in [1.165, 1.54) is 13.5 Å². The molecule has 0 spiro atoms. The van der Waals surface area contributed by atoms with E-state index in [4.69, 9.17) is 9.47 Å². The van der Waals surface area contributed by atoms with E-state index in [1.54, 1.807) is 0 Å². The predicted octanol–water partition coefficient (Wildman–Crippen LogP) is 1.20. The van der Waals surface area contributed by atoms with Crippen LogP contribution >= 0.6 is 0 Å². The van der Waals surface area contributed by atoms with Gasteiger partial charge in [-0.05, 0) is 24.7 Å². The van der Waals surface area contributed by atoms with E-state index < -0.39 is 0 Å². The molecule has 1 fully saturated rings. The molecule has 2 atom stereocenters. The van der Waals surface area contributed by atoms with E-state index in [9.17, 15) is 4.79 Å². The van der Waals surface area contributed by atoms with Crippen LogP contribution in [-0.2, 0) is 14.3 Å². The summed E-state index contributed by atoms with van der Waals surface area (Å²) in [5.41, 5.74) is 0. The summed E-state index contributed by atoms with van der Waals surface area (Å²) in [5, 5.41) is 3.29. The Morgan fingerprint density at radius 2 is 2.31 bits per heavy atom. The van der Waals surface area contributed by atoms with Gasteiger partial charge in [-0.2, -0.15) is 0 Å². The number of carbonyl (C=O) groups is 1. The van der Waals surface area contributed by atoms with Gasteiger partial charge in [-0.15, -0.1) is 0 Å². The zero-order chi connectivity index (χ0) is 12.0. The molecular weight excluding hydrogens is 206 g/mol. The van der Waals surface area contributed by atoms with Gasteiger partial charge in [-0.3, -0.25) is 4.79 Å². The van der Waals surface area contributed by atoms with Crippen LogP contribution in [0.4, 0.5) is 0 Å². The lowest BCUT2D eigenvalue weighted by Crippen LogP contribution is -2.44. The average molecular weight is 229 g/mol. The fourth-order valence-corrected chi connectivity index (χ4v) is 1.98. The van der Waals surface area contributed by atoms with Gasteiger partial charge in [0, 0.05) is 13.2 Å². The van der Waals surface area contributed by atoms with E-state index in [0.717, 1.165) is 26.2 Å². The zero-order valence-corrected chi connectivity index (χ0v) is 10.5. The minimum atomic E-state index is -0.202. The molecule has 0 saturated carbocycles. The monoisotopic (exact) mass is 229 g/mol. The molecule has 1 rings (SSSR count). The Morgan fingerprint density at radius 1 is 1.56 bits per heavy atom. The Balaban J connectivity index is 2.34. The summed E-state index contributed by atoms with van der Waals surface area (Å²) < 4.78 is 10.2. The number of rotatable bonds is 5. The van der Waals surface area contributed by atoms with Crippen LogP contribution in [0.2, 0.25) is 0 Å². The highest BCUT2D eigenvalue weighted by Crippen LogP contribution is 2.13. The predicted molar refractivity (Wildman–Crippen MR) is 62.2 cm³/mol. The summed E-state index contributed by atoms with van der Waals surface area (Å²) in [4.78, 5) is 11.5. The van der Waals surface area contributed by atoms with Gasteiger partial charge >= 0.3 is 5.97 Å². The molecule has 4 nitrogen and oxygen atoms in total. The van der Waals surface area contributed by atoms with Crippen molar-refractivity contribution >= 4 is 5.97 Å². The second-order valence-corrected chi connectivity index (χ2v) is 4.74. The van der Waals surface area contributed by atoms with Crippen molar-refractivity contribution in [3.05, 3.63) is 0 Å². The summed E-state index contributed by atoms with van der Waals surface area (Å²) in [6.45, 7) is 6.55. The first-order valence-corrected chi connectivity index (χ1v) is 6.04. The Kier molecular flexibility index (Phi) is 5.77. The first-order valence-electron chi connectivity index (χ1n) is 6.04. The van der Waals surface area contributed by atoms with E-state index in [1.807, 2.05) is 13.8 Å². The molecule has 0 aliphatic carbocycles. The highest BCUT2D eigenvalue weighted by Gasteiger charge is 2.24. The van der Waals surface area contributed by atoms with Crippen LogP contribution in [0.1, 0.15) is 26.7 Å². The Labute approximate surface area is 97.7 Å². The van der Waals surface area contributed by atoms with Crippen LogP contribution in [0.5, 0.6) is 0 Å². The Hall–Kier alpha value is -0.610. The molecule has 0 radical (unpaired) electrons. The van der Waals surface area contributed by atoms with Crippen molar-refractivity contribution in [2.45, 2.75) is 32.7 Å². The summed E-state index contributed by atoms with van der Waals surface area (Å²) in [6, 6.07) is -0.202. The van der Waals surface area contributed by atoms with Crippen LogP contribution in [0.3, 0.4) is 0 Å². The smallest absolute Gasteiger partial charge is 0.323 e. The largest absolute Gasteiger partial charge is 0.468 e. The fourth-order valence-electron chi connectivity index (χ4n) is 1.98. The van der Waals surface area contributed by atoms with Gasteiger partial charge in [0.2, 0.25) is 0 Å². The van der Waals surface area contributed by atoms with Gasteiger partial charge in [0.1, 0.15) is 6.04 Å². The van der Waals surface area contributed by atoms with E-state index in [0.29, 0.717) is 5.92 Å². The molecule has 0 aromatic heterocycles. The number of methoxy groups -OCH3 is 1. The zero-order valence-electron chi connectivity index (χ0n) is 10.5. The topological polar surface area (TPSA) is 47.6 Å². The molecule has 4 heteroatoms. The summed E-state index contributed by atoms with van der Waals surface area (Å²) in [7, 11) is 1.43. The molecule has 1 aliphatic rings. The van der Waals surface area contributed by atoms with Crippen molar-refractivity contribution in [2.24, 2.45) is 11.8 Å². The number of nitrogens with one attached hydrogen (secondary N) is 1. The maximum Gasteiger partial charge on any atom is 0.323 e. The van der Waals surface area contributed by atoms with Crippen LogP contribution in [0, 0.1) is 11.8 Å². The molecular formula is C12H23NO3. The Bertz CT molecular complexity index is 212. The third-order valence-corrected chi connectivity index (χ3v) is 3.00. The molecule has 1 heterocycles. The van der Waals surface area contributed by atoms with Gasteiger partial charge in [0.25, 0.3) is 0 Å². The van der Waals surface area contributed by atoms with Crippen molar-refractivity contribution in [3.63, 3.8) is 0 Å². The molecule has 16 heavy (non-hydrogen) atoms. The van der Waals surface area contributed by atoms with Crippen LogP contribution in [0.15, 0.2) is 0 Å². The highest BCUT2D eigenvalue weighted by atomic mass is 16.5. The maximum atomic E-state index is 11.5. The van der Waals surface area contributed by atoms with Gasteiger partial charge in [0.15, 0.2) is 0 Å². The number of carbonyl (C=O) groups excluding carboxylic acids is 1. The van der Waals surface area contributed by atoms with Crippen molar-refractivity contribution in [1.29, 1.82) is 0 Å². The molecule has 1 N–H and O–H groups in total. The van der Waals surface area contributed by atoms with Crippen molar-refractivity contribution in [2.75, 3.05) is 26.9 Å². The van der Waals surface area contributed by atoms with Gasteiger partial charge in [-0.25, -0.2) is 0 Å². The van der Waals surface area contributed by atoms with Gasteiger partial charge < -0.3 is 14.8 Å².